The summed E-state index contributed by atoms with van der Waals surface area (Å²) in [6, 6.07) is 16.6. The summed E-state index contributed by atoms with van der Waals surface area (Å²) in [7, 11) is 0. The van der Waals surface area contributed by atoms with Crippen molar-refractivity contribution in [3.05, 3.63) is 70.5 Å². The maximum absolute atomic E-state index is 13.2. The molecule has 3 aromatic rings. The smallest absolute Gasteiger partial charge is 0.258 e. The summed E-state index contributed by atoms with van der Waals surface area (Å²) in [4.78, 5) is 48.3. The lowest BCUT2D eigenvalue weighted by Gasteiger charge is -2.36. The molecule has 186 valence electrons. The van der Waals surface area contributed by atoms with Gasteiger partial charge in [-0.15, -0.1) is 0 Å². The van der Waals surface area contributed by atoms with Gasteiger partial charge in [-0.1, -0.05) is 25.1 Å². The van der Waals surface area contributed by atoms with E-state index in [0.717, 1.165) is 32.2 Å². The number of hydrogen-bond acceptors (Lipinski definition) is 6. The van der Waals surface area contributed by atoms with E-state index in [4.69, 9.17) is 4.74 Å². The molecular weight excluding hydrogens is 458 g/mol. The first-order valence-electron chi connectivity index (χ1n) is 12.4. The van der Waals surface area contributed by atoms with Crippen LogP contribution in [0.15, 0.2) is 59.4 Å². The Balaban J connectivity index is 1.35. The minimum Gasteiger partial charge on any atom is -0.457 e. The van der Waals surface area contributed by atoms with Gasteiger partial charge in [0.25, 0.3) is 5.56 Å². The topological polar surface area (TPSA) is 116 Å². The van der Waals surface area contributed by atoms with Gasteiger partial charge in [0.2, 0.25) is 17.8 Å². The molecule has 9 heteroatoms. The summed E-state index contributed by atoms with van der Waals surface area (Å²) in [6.07, 6.45) is 4.00. The standard InChI is InChI=1S/C27H29N5O4/c1-2-18-8-6-7-15-32(18)27-30-24-23(26(35)31-27)21(16-22(33)29-24)25(34)28-17-11-13-20(14-12-17)36-19-9-4-3-5-10-19/h3-5,9-14,18,21H,2,6-8,15-16H2,1H3,(H,28,34)(H2,29,30,31,33,35)/t18-,21-/m1/s1. The van der Waals surface area contributed by atoms with Crippen molar-refractivity contribution in [2.45, 2.75) is 51.0 Å². The highest BCUT2D eigenvalue weighted by Crippen LogP contribution is 2.32. The van der Waals surface area contributed by atoms with Crippen LogP contribution >= 0.6 is 0 Å². The summed E-state index contributed by atoms with van der Waals surface area (Å²) in [6.45, 7) is 2.91. The summed E-state index contributed by atoms with van der Waals surface area (Å²) in [5, 5.41) is 5.52. The van der Waals surface area contributed by atoms with E-state index >= 15 is 0 Å². The molecule has 36 heavy (non-hydrogen) atoms. The Hall–Kier alpha value is -4.14. The molecule has 3 heterocycles. The number of rotatable bonds is 6. The summed E-state index contributed by atoms with van der Waals surface area (Å²) in [5.74, 6) is 0.217. The molecule has 1 fully saturated rings. The maximum atomic E-state index is 13.2. The van der Waals surface area contributed by atoms with E-state index in [-0.39, 0.29) is 29.8 Å². The minimum absolute atomic E-state index is 0.126. The van der Waals surface area contributed by atoms with Crippen molar-refractivity contribution in [2.75, 3.05) is 22.1 Å². The van der Waals surface area contributed by atoms with Gasteiger partial charge in [-0.2, -0.15) is 4.98 Å². The first-order chi connectivity index (χ1) is 17.5. The molecular formula is C27H29N5O4. The molecule has 0 unspecified atom stereocenters. The molecule has 0 radical (unpaired) electrons. The molecule has 2 atom stereocenters. The molecule has 0 bridgehead atoms. The number of benzene rings is 2. The Labute approximate surface area is 208 Å². The van der Waals surface area contributed by atoms with Crippen LogP contribution < -0.4 is 25.8 Å². The molecule has 0 aliphatic carbocycles. The van der Waals surface area contributed by atoms with E-state index in [9.17, 15) is 14.4 Å². The van der Waals surface area contributed by atoms with Crippen molar-refractivity contribution in [1.29, 1.82) is 0 Å². The van der Waals surface area contributed by atoms with Crippen molar-refractivity contribution in [3.8, 4) is 11.5 Å². The Morgan fingerprint density at radius 1 is 1.08 bits per heavy atom. The largest absolute Gasteiger partial charge is 0.457 e. The van der Waals surface area contributed by atoms with Crippen molar-refractivity contribution in [2.24, 2.45) is 0 Å². The molecule has 5 rings (SSSR count). The first kappa shape index (κ1) is 23.6. The molecule has 1 saturated heterocycles. The number of para-hydroxylation sites is 1. The van der Waals surface area contributed by atoms with Crippen LogP contribution in [0.3, 0.4) is 0 Å². The first-order valence-corrected chi connectivity index (χ1v) is 12.4. The molecule has 9 nitrogen and oxygen atoms in total. The zero-order valence-corrected chi connectivity index (χ0v) is 20.1. The number of aromatic amines is 1. The summed E-state index contributed by atoms with van der Waals surface area (Å²) >= 11 is 0. The van der Waals surface area contributed by atoms with Crippen LogP contribution in [0.5, 0.6) is 11.5 Å². The summed E-state index contributed by atoms with van der Waals surface area (Å²) in [5.41, 5.74) is 0.320. The Bertz CT molecular complexity index is 1310. The predicted octanol–water partition coefficient (Wildman–Crippen LogP) is 4.40. The minimum atomic E-state index is -0.942. The van der Waals surface area contributed by atoms with Gasteiger partial charge in [0.05, 0.1) is 11.5 Å². The Kier molecular flexibility index (Phi) is 6.71. The molecule has 3 N–H and O–H groups in total. The average Bonchev–Trinajstić information content (AvgIpc) is 2.89. The number of nitrogens with zero attached hydrogens (tertiary/aromatic N) is 2. The Morgan fingerprint density at radius 3 is 2.58 bits per heavy atom. The second-order valence-electron chi connectivity index (χ2n) is 9.14. The van der Waals surface area contributed by atoms with Crippen LogP contribution in [0.25, 0.3) is 0 Å². The fourth-order valence-corrected chi connectivity index (χ4v) is 4.88. The number of amides is 2. The molecule has 2 aliphatic heterocycles. The van der Waals surface area contributed by atoms with Gasteiger partial charge in [-0.25, -0.2) is 0 Å². The fraction of sp³-hybridized carbons (Fsp3) is 0.333. The van der Waals surface area contributed by atoms with Gasteiger partial charge in [0.1, 0.15) is 17.3 Å². The second-order valence-corrected chi connectivity index (χ2v) is 9.14. The molecule has 1 aromatic heterocycles. The van der Waals surface area contributed by atoms with Crippen LogP contribution in [-0.2, 0) is 9.59 Å². The SMILES string of the molecule is CC[C@@H]1CCCCN1c1nc2c(c(=O)[nH]1)[C@H](C(=O)Nc1ccc(Oc3ccccc3)cc1)CC(=O)N2. The third-order valence-corrected chi connectivity index (χ3v) is 6.73. The van der Waals surface area contributed by atoms with Gasteiger partial charge < -0.3 is 20.3 Å². The van der Waals surface area contributed by atoms with E-state index in [1.807, 2.05) is 30.3 Å². The number of nitrogens with one attached hydrogen (secondary N) is 3. The van der Waals surface area contributed by atoms with Crippen LogP contribution in [0.4, 0.5) is 17.5 Å². The van der Waals surface area contributed by atoms with E-state index in [0.29, 0.717) is 23.1 Å². The van der Waals surface area contributed by atoms with Gasteiger partial charge in [-0.3, -0.25) is 19.4 Å². The predicted molar refractivity (Wildman–Crippen MR) is 138 cm³/mol. The van der Waals surface area contributed by atoms with Crippen LogP contribution in [0.2, 0.25) is 0 Å². The molecule has 2 amide bonds. The van der Waals surface area contributed by atoms with Crippen molar-refractivity contribution < 1.29 is 14.3 Å². The molecule has 2 aromatic carbocycles. The molecule has 0 saturated carbocycles. The zero-order chi connectivity index (χ0) is 25.1. The second kappa shape index (κ2) is 10.2. The van der Waals surface area contributed by atoms with Crippen molar-refractivity contribution >= 4 is 29.3 Å². The lowest BCUT2D eigenvalue weighted by atomic mass is 9.92. The number of H-pyrrole nitrogens is 1. The van der Waals surface area contributed by atoms with Crippen molar-refractivity contribution in [1.82, 2.24) is 9.97 Å². The highest BCUT2D eigenvalue weighted by atomic mass is 16.5. The quantitative estimate of drug-likeness (QED) is 0.475. The highest BCUT2D eigenvalue weighted by Gasteiger charge is 2.35. The van der Waals surface area contributed by atoms with E-state index in [2.05, 4.69) is 32.4 Å². The monoisotopic (exact) mass is 487 g/mol. The zero-order valence-electron chi connectivity index (χ0n) is 20.1. The van der Waals surface area contributed by atoms with Gasteiger partial charge in [0, 0.05) is 24.7 Å². The van der Waals surface area contributed by atoms with Crippen LogP contribution in [0, 0.1) is 0 Å². The van der Waals surface area contributed by atoms with Gasteiger partial charge in [0.15, 0.2) is 0 Å². The molecule has 0 spiro atoms. The maximum Gasteiger partial charge on any atom is 0.258 e. The van der Waals surface area contributed by atoms with Crippen molar-refractivity contribution in [3.63, 3.8) is 0 Å². The lowest BCUT2D eigenvalue weighted by molar-refractivity contribution is -0.123. The Morgan fingerprint density at radius 2 is 1.83 bits per heavy atom. The molecule has 2 aliphatic rings. The third kappa shape index (κ3) is 4.95. The lowest BCUT2D eigenvalue weighted by Crippen LogP contribution is -2.43. The number of carbonyl (C=O) groups excluding carboxylic acids is 2. The number of aromatic nitrogens is 2. The fourth-order valence-electron chi connectivity index (χ4n) is 4.88. The third-order valence-electron chi connectivity index (χ3n) is 6.73. The van der Waals surface area contributed by atoms with Crippen LogP contribution in [0.1, 0.15) is 50.5 Å². The van der Waals surface area contributed by atoms with E-state index in [1.54, 1.807) is 24.3 Å². The number of carbonyl (C=O) groups is 2. The average molecular weight is 488 g/mol. The number of hydrogen-bond donors (Lipinski definition) is 3. The van der Waals surface area contributed by atoms with Gasteiger partial charge in [-0.05, 0) is 62.1 Å². The number of piperidine rings is 1. The number of anilines is 3. The number of fused-ring (bicyclic) bond motifs is 1. The van der Waals surface area contributed by atoms with E-state index in [1.165, 1.54) is 0 Å². The highest BCUT2D eigenvalue weighted by molar-refractivity contribution is 6.04. The van der Waals surface area contributed by atoms with E-state index < -0.39 is 17.4 Å². The van der Waals surface area contributed by atoms with Gasteiger partial charge >= 0.3 is 0 Å². The summed E-state index contributed by atoms with van der Waals surface area (Å²) < 4.78 is 5.78. The van der Waals surface area contributed by atoms with Crippen LogP contribution in [-0.4, -0.2) is 34.4 Å². The number of ether oxygens (including phenoxy) is 1. The normalized spacial score (nSPS) is 19.2.